The number of nitrogens with one attached hydrogen (secondary N) is 1. The second-order valence-electron chi connectivity index (χ2n) is 4.11. The molecule has 0 bridgehead atoms. The summed E-state index contributed by atoms with van der Waals surface area (Å²) in [6, 6.07) is 0.590. The maximum Gasteiger partial charge on any atom is 0.182 e. The summed E-state index contributed by atoms with van der Waals surface area (Å²) in [6.45, 7) is 4.44. The van der Waals surface area contributed by atoms with Crippen LogP contribution in [0.4, 0.5) is 5.13 Å². The maximum atomic E-state index is 4.22. The van der Waals surface area contributed by atoms with E-state index in [1.807, 2.05) is 11.6 Å². The van der Waals surface area contributed by atoms with E-state index in [9.17, 15) is 0 Å². The molecular weight excluding hydrogens is 208 g/mol. The molecule has 0 saturated carbocycles. The Hall–Kier alpha value is -0.650. The fourth-order valence-corrected chi connectivity index (χ4v) is 2.38. The third kappa shape index (κ3) is 2.90. The zero-order chi connectivity index (χ0) is 10.7. The fraction of sp³-hybridized carbons (Fsp3) is 0.700. The van der Waals surface area contributed by atoms with E-state index in [0.717, 1.165) is 24.8 Å². The standard InChI is InChI=1S/C10H18N4S/c1-13-4-5-14(2)9(8-13)7-12-10-11-3-6-15-10/h3,6,9H,4-5,7-8H2,1-2H3,(H,11,12). The van der Waals surface area contributed by atoms with Crippen molar-refractivity contribution in [1.29, 1.82) is 0 Å². The topological polar surface area (TPSA) is 31.4 Å². The lowest BCUT2D eigenvalue weighted by Crippen LogP contribution is -2.52. The maximum absolute atomic E-state index is 4.22. The molecule has 1 unspecified atom stereocenters. The summed E-state index contributed by atoms with van der Waals surface area (Å²) in [6.07, 6.45) is 1.84. The summed E-state index contributed by atoms with van der Waals surface area (Å²) in [4.78, 5) is 9.02. The first-order chi connectivity index (χ1) is 7.25. The van der Waals surface area contributed by atoms with Gasteiger partial charge in [0.1, 0.15) is 0 Å². The van der Waals surface area contributed by atoms with Crippen LogP contribution in [-0.2, 0) is 0 Å². The predicted octanol–water partition coefficient (Wildman–Crippen LogP) is 0.801. The van der Waals surface area contributed by atoms with Gasteiger partial charge in [-0.1, -0.05) is 0 Å². The van der Waals surface area contributed by atoms with Crippen molar-refractivity contribution >= 4 is 16.5 Å². The van der Waals surface area contributed by atoms with E-state index in [4.69, 9.17) is 0 Å². The minimum atomic E-state index is 0.590. The molecule has 1 aliphatic heterocycles. The van der Waals surface area contributed by atoms with Crippen molar-refractivity contribution in [3.05, 3.63) is 11.6 Å². The molecule has 0 spiro atoms. The van der Waals surface area contributed by atoms with Gasteiger partial charge in [0, 0.05) is 43.8 Å². The highest BCUT2D eigenvalue weighted by atomic mass is 32.1. The van der Waals surface area contributed by atoms with Crippen LogP contribution in [0.25, 0.3) is 0 Å². The number of likely N-dealkylation sites (N-methyl/N-ethyl adjacent to an activating group) is 2. The van der Waals surface area contributed by atoms with Crippen molar-refractivity contribution in [2.75, 3.05) is 45.6 Å². The second kappa shape index (κ2) is 4.92. The number of piperazine rings is 1. The van der Waals surface area contributed by atoms with Gasteiger partial charge in [0.25, 0.3) is 0 Å². The fourth-order valence-electron chi connectivity index (χ4n) is 1.84. The minimum Gasteiger partial charge on any atom is -0.360 e. The second-order valence-corrected chi connectivity index (χ2v) is 5.01. The molecule has 1 saturated heterocycles. The van der Waals surface area contributed by atoms with Gasteiger partial charge >= 0.3 is 0 Å². The molecule has 1 fully saturated rings. The molecule has 0 aromatic carbocycles. The highest BCUT2D eigenvalue weighted by Gasteiger charge is 2.21. The highest BCUT2D eigenvalue weighted by Crippen LogP contribution is 2.12. The van der Waals surface area contributed by atoms with Crippen molar-refractivity contribution in [3.63, 3.8) is 0 Å². The third-order valence-electron chi connectivity index (χ3n) is 2.90. The molecule has 0 amide bonds. The average molecular weight is 226 g/mol. The van der Waals surface area contributed by atoms with Gasteiger partial charge in [-0.2, -0.15) is 0 Å². The molecular formula is C10H18N4S. The van der Waals surface area contributed by atoms with Crippen LogP contribution in [0.5, 0.6) is 0 Å². The Morgan fingerprint density at radius 3 is 3.13 bits per heavy atom. The van der Waals surface area contributed by atoms with Crippen molar-refractivity contribution in [1.82, 2.24) is 14.8 Å². The third-order valence-corrected chi connectivity index (χ3v) is 3.63. The van der Waals surface area contributed by atoms with Crippen LogP contribution in [-0.4, -0.2) is 61.1 Å². The largest absolute Gasteiger partial charge is 0.360 e. The molecule has 1 aromatic heterocycles. The molecule has 1 atom stereocenters. The van der Waals surface area contributed by atoms with E-state index in [1.54, 1.807) is 11.3 Å². The van der Waals surface area contributed by atoms with Crippen LogP contribution in [0.15, 0.2) is 11.6 Å². The number of anilines is 1. The van der Waals surface area contributed by atoms with Gasteiger partial charge in [0.2, 0.25) is 0 Å². The van der Waals surface area contributed by atoms with Crippen LogP contribution >= 0.6 is 11.3 Å². The first kappa shape index (κ1) is 10.9. The first-order valence-corrected chi connectivity index (χ1v) is 6.16. The summed E-state index contributed by atoms with van der Waals surface area (Å²) >= 11 is 1.66. The van der Waals surface area contributed by atoms with E-state index in [2.05, 4.69) is 34.2 Å². The van der Waals surface area contributed by atoms with Crippen LogP contribution in [0.3, 0.4) is 0 Å². The molecule has 0 aliphatic carbocycles. The minimum absolute atomic E-state index is 0.590. The highest BCUT2D eigenvalue weighted by molar-refractivity contribution is 7.13. The Balaban J connectivity index is 1.82. The molecule has 5 heteroatoms. The number of hydrogen-bond donors (Lipinski definition) is 1. The predicted molar refractivity (Wildman–Crippen MR) is 64.5 cm³/mol. The average Bonchev–Trinajstić information content (AvgIpc) is 2.72. The van der Waals surface area contributed by atoms with Gasteiger partial charge in [0.15, 0.2) is 5.13 Å². The van der Waals surface area contributed by atoms with E-state index >= 15 is 0 Å². The lowest BCUT2D eigenvalue weighted by molar-refractivity contribution is 0.122. The van der Waals surface area contributed by atoms with E-state index < -0.39 is 0 Å². The summed E-state index contributed by atoms with van der Waals surface area (Å²) in [5.74, 6) is 0. The van der Waals surface area contributed by atoms with E-state index in [0.29, 0.717) is 6.04 Å². The molecule has 0 radical (unpaired) electrons. The molecule has 4 nitrogen and oxygen atoms in total. The molecule has 1 aromatic rings. The van der Waals surface area contributed by atoms with Crippen molar-refractivity contribution in [2.24, 2.45) is 0 Å². The SMILES string of the molecule is CN1CCN(C)C(CNc2nccs2)C1. The summed E-state index contributed by atoms with van der Waals surface area (Å²) in [5, 5.41) is 6.41. The molecule has 2 heterocycles. The first-order valence-electron chi connectivity index (χ1n) is 5.28. The Morgan fingerprint density at radius 1 is 1.53 bits per heavy atom. The number of nitrogens with zero attached hydrogens (tertiary/aromatic N) is 3. The van der Waals surface area contributed by atoms with E-state index in [1.165, 1.54) is 6.54 Å². The molecule has 2 rings (SSSR count). The summed E-state index contributed by atoms with van der Waals surface area (Å²) in [5.41, 5.74) is 0. The number of aromatic nitrogens is 1. The Bertz CT molecular complexity index is 288. The zero-order valence-corrected chi connectivity index (χ0v) is 10.1. The molecule has 84 valence electrons. The molecule has 1 aliphatic rings. The van der Waals surface area contributed by atoms with Crippen molar-refractivity contribution in [2.45, 2.75) is 6.04 Å². The number of thiazole rings is 1. The van der Waals surface area contributed by atoms with Gasteiger partial charge in [-0.25, -0.2) is 4.98 Å². The molecule has 15 heavy (non-hydrogen) atoms. The summed E-state index contributed by atoms with van der Waals surface area (Å²) in [7, 11) is 4.38. The normalized spacial score (nSPS) is 24.3. The van der Waals surface area contributed by atoms with Crippen LogP contribution in [0, 0.1) is 0 Å². The van der Waals surface area contributed by atoms with Gasteiger partial charge in [0.05, 0.1) is 0 Å². The van der Waals surface area contributed by atoms with Crippen molar-refractivity contribution < 1.29 is 0 Å². The van der Waals surface area contributed by atoms with Gasteiger partial charge in [-0.3, -0.25) is 4.90 Å². The molecule has 1 N–H and O–H groups in total. The smallest absolute Gasteiger partial charge is 0.182 e. The van der Waals surface area contributed by atoms with Crippen LogP contribution in [0.2, 0.25) is 0 Å². The summed E-state index contributed by atoms with van der Waals surface area (Å²) < 4.78 is 0. The monoisotopic (exact) mass is 226 g/mol. The number of rotatable bonds is 3. The lowest BCUT2D eigenvalue weighted by atomic mass is 10.2. The Morgan fingerprint density at radius 2 is 2.40 bits per heavy atom. The van der Waals surface area contributed by atoms with Crippen LogP contribution < -0.4 is 5.32 Å². The Labute approximate surface area is 94.9 Å². The quantitative estimate of drug-likeness (QED) is 0.826. The van der Waals surface area contributed by atoms with Gasteiger partial charge < -0.3 is 10.2 Å². The van der Waals surface area contributed by atoms with Gasteiger partial charge in [-0.15, -0.1) is 11.3 Å². The van der Waals surface area contributed by atoms with E-state index in [-0.39, 0.29) is 0 Å². The van der Waals surface area contributed by atoms with Crippen LogP contribution in [0.1, 0.15) is 0 Å². The van der Waals surface area contributed by atoms with Crippen molar-refractivity contribution in [3.8, 4) is 0 Å². The van der Waals surface area contributed by atoms with Gasteiger partial charge in [-0.05, 0) is 14.1 Å². The lowest BCUT2D eigenvalue weighted by Gasteiger charge is -2.37. The Kier molecular flexibility index (Phi) is 3.56. The number of hydrogen-bond acceptors (Lipinski definition) is 5. The zero-order valence-electron chi connectivity index (χ0n) is 9.31.